The van der Waals surface area contributed by atoms with Crippen LogP contribution in [0.5, 0.6) is 0 Å². The van der Waals surface area contributed by atoms with Crippen molar-refractivity contribution in [3.8, 4) is 0 Å². The number of thiazole rings is 1. The van der Waals surface area contributed by atoms with E-state index in [-0.39, 0.29) is 5.00 Å². The molecule has 0 amide bonds. The number of anilines is 1. The van der Waals surface area contributed by atoms with E-state index in [1.54, 1.807) is 0 Å². The average molecular weight is 256 g/mol. The monoisotopic (exact) mass is 256 g/mol. The van der Waals surface area contributed by atoms with E-state index in [1.807, 2.05) is 0 Å². The summed E-state index contributed by atoms with van der Waals surface area (Å²) in [7, 11) is 4.13. The molecule has 1 aromatic rings. The largest absolute Gasteiger partial charge is 0.360 e. The first-order valence-corrected chi connectivity index (χ1v) is 6.40. The number of hydrogen-bond donors (Lipinski definition) is 1. The molecule has 94 valence electrons. The third-order valence-electron chi connectivity index (χ3n) is 2.97. The second kappa shape index (κ2) is 4.97. The molecule has 1 heterocycles. The summed E-state index contributed by atoms with van der Waals surface area (Å²) in [4.78, 5) is 16.3. The molecule has 1 aliphatic carbocycles. The van der Waals surface area contributed by atoms with E-state index in [4.69, 9.17) is 0 Å². The highest BCUT2D eigenvalue weighted by Crippen LogP contribution is 2.35. The van der Waals surface area contributed by atoms with Crippen molar-refractivity contribution < 1.29 is 4.92 Å². The van der Waals surface area contributed by atoms with Crippen molar-refractivity contribution in [3.05, 3.63) is 16.3 Å². The van der Waals surface area contributed by atoms with Gasteiger partial charge in [0.25, 0.3) is 0 Å². The number of hydrogen-bond acceptors (Lipinski definition) is 6. The molecule has 0 spiro atoms. The molecule has 1 unspecified atom stereocenters. The van der Waals surface area contributed by atoms with E-state index in [9.17, 15) is 10.1 Å². The minimum Gasteiger partial charge on any atom is -0.360 e. The SMILES string of the molecule is CN(C)C(CNc1ncc([N+](=O)[O-])s1)C1CC1. The molecule has 0 aromatic carbocycles. The van der Waals surface area contributed by atoms with Crippen LogP contribution in [0, 0.1) is 16.0 Å². The zero-order valence-electron chi connectivity index (χ0n) is 9.92. The number of rotatable bonds is 6. The fraction of sp³-hybridized carbons (Fsp3) is 0.700. The zero-order chi connectivity index (χ0) is 12.4. The Hall–Kier alpha value is -1.21. The van der Waals surface area contributed by atoms with Gasteiger partial charge in [0.1, 0.15) is 6.20 Å². The fourth-order valence-electron chi connectivity index (χ4n) is 1.88. The minimum absolute atomic E-state index is 0.0836. The van der Waals surface area contributed by atoms with Gasteiger partial charge in [0.05, 0.1) is 4.92 Å². The second-order valence-corrected chi connectivity index (χ2v) is 5.52. The van der Waals surface area contributed by atoms with E-state index in [0.717, 1.165) is 23.8 Å². The molecule has 7 heteroatoms. The van der Waals surface area contributed by atoms with Gasteiger partial charge >= 0.3 is 5.00 Å². The van der Waals surface area contributed by atoms with Crippen LogP contribution in [0.25, 0.3) is 0 Å². The predicted octanol–water partition coefficient (Wildman–Crippen LogP) is 1.80. The third-order valence-corrected chi connectivity index (χ3v) is 3.87. The van der Waals surface area contributed by atoms with E-state index >= 15 is 0 Å². The van der Waals surface area contributed by atoms with E-state index < -0.39 is 4.92 Å². The Balaban J connectivity index is 1.89. The quantitative estimate of drug-likeness (QED) is 0.620. The first-order valence-electron chi connectivity index (χ1n) is 5.58. The molecule has 0 radical (unpaired) electrons. The molecule has 1 atom stereocenters. The van der Waals surface area contributed by atoms with E-state index in [2.05, 4.69) is 29.3 Å². The fourth-order valence-corrected chi connectivity index (χ4v) is 2.51. The highest BCUT2D eigenvalue weighted by Gasteiger charge is 2.32. The maximum absolute atomic E-state index is 10.5. The Bertz CT molecular complexity index is 401. The zero-order valence-corrected chi connectivity index (χ0v) is 10.7. The van der Waals surface area contributed by atoms with Crippen molar-refractivity contribution in [2.75, 3.05) is 26.0 Å². The third kappa shape index (κ3) is 3.13. The Labute approximate surface area is 104 Å². The summed E-state index contributed by atoms with van der Waals surface area (Å²) in [6, 6.07) is 0.484. The van der Waals surface area contributed by atoms with Crippen molar-refractivity contribution in [2.45, 2.75) is 18.9 Å². The van der Waals surface area contributed by atoms with Crippen LogP contribution in [-0.2, 0) is 0 Å². The first-order chi connectivity index (χ1) is 8.08. The standard InChI is InChI=1S/C10H16N4O2S/c1-13(2)8(7-3-4-7)5-11-10-12-6-9(17-10)14(15)16/h6-8H,3-5H2,1-2H3,(H,11,12). The van der Waals surface area contributed by atoms with Crippen molar-refractivity contribution in [1.82, 2.24) is 9.88 Å². The molecule has 1 fully saturated rings. The normalized spacial score (nSPS) is 17.1. The van der Waals surface area contributed by atoms with Crippen molar-refractivity contribution in [3.63, 3.8) is 0 Å². The summed E-state index contributed by atoms with van der Waals surface area (Å²) >= 11 is 1.09. The molecule has 1 aromatic heterocycles. The van der Waals surface area contributed by atoms with Gasteiger partial charge in [0, 0.05) is 12.6 Å². The van der Waals surface area contributed by atoms with Gasteiger partial charge in [0.2, 0.25) is 0 Å². The van der Waals surface area contributed by atoms with Crippen LogP contribution in [0.1, 0.15) is 12.8 Å². The van der Waals surface area contributed by atoms with Crippen LogP contribution in [-0.4, -0.2) is 41.5 Å². The van der Waals surface area contributed by atoms with Gasteiger partial charge in [-0.3, -0.25) is 10.1 Å². The molecule has 0 bridgehead atoms. The van der Waals surface area contributed by atoms with Crippen molar-refractivity contribution >= 4 is 21.5 Å². The molecule has 6 nitrogen and oxygen atoms in total. The lowest BCUT2D eigenvalue weighted by Gasteiger charge is -2.24. The number of nitro groups is 1. The molecule has 0 saturated heterocycles. The van der Waals surface area contributed by atoms with E-state index in [0.29, 0.717) is 11.2 Å². The predicted molar refractivity (Wildman–Crippen MR) is 67.5 cm³/mol. The molecular formula is C10H16N4O2S. The van der Waals surface area contributed by atoms with Gasteiger partial charge in [-0.1, -0.05) is 0 Å². The molecular weight excluding hydrogens is 240 g/mol. The summed E-state index contributed by atoms with van der Waals surface area (Å²) in [5.74, 6) is 0.757. The molecule has 2 rings (SSSR count). The average Bonchev–Trinajstić information content (AvgIpc) is 2.95. The van der Waals surface area contributed by atoms with Gasteiger partial charge in [0.15, 0.2) is 5.13 Å². The van der Waals surface area contributed by atoms with Crippen molar-refractivity contribution in [2.24, 2.45) is 5.92 Å². The topological polar surface area (TPSA) is 71.3 Å². The van der Waals surface area contributed by atoms with Crippen molar-refractivity contribution in [1.29, 1.82) is 0 Å². The lowest BCUT2D eigenvalue weighted by Crippen LogP contribution is -2.36. The van der Waals surface area contributed by atoms with Gasteiger partial charge in [-0.2, -0.15) is 0 Å². The molecule has 1 N–H and O–H groups in total. The minimum atomic E-state index is -0.410. The van der Waals surface area contributed by atoms with Crippen LogP contribution in [0.4, 0.5) is 10.1 Å². The van der Waals surface area contributed by atoms with E-state index in [1.165, 1.54) is 19.0 Å². The van der Waals surface area contributed by atoms with Crippen LogP contribution in [0.2, 0.25) is 0 Å². The maximum atomic E-state index is 10.5. The lowest BCUT2D eigenvalue weighted by atomic mass is 10.1. The molecule has 17 heavy (non-hydrogen) atoms. The summed E-state index contributed by atoms with van der Waals surface area (Å²) < 4.78 is 0. The summed E-state index contributed by atoms with van der Waals surface area (Å²) in [6.45, 7) is 0.794. The highest BCUT2D eigenvalue weighted by atomic mass is 32.1. The maximum Gasteiger partial charge on any atom is 0.345 e. The Morgan fingerprint density at radius 2 is 2.41 bits per heavy atom. The number of nitrogens with one attached hydrogen (secondary N) is 1. The van der Waals surface area contributed by atoms with Crippen LogP contribution >= 0.6 is 11.3 Å². The highest BCUT2D eigenvalue weighted by molar-refractivity contribution is 7.18. The van der Waals surface area contributed by atoms with Crippen LogP contribution in [0.15, 0.2) is 6.20 Å². The van der Waals surface area contributed by atoms with Crippen LogP contribution in [0.3, 0.4) is 0 Å². The summed E-state index contributed by atoms with van der Waals surface area (Å²) in [5.41, 5.74) is 0. The molecule has 1 saturated carbocycles. The Kier molecular flexibility index (Phi) is 3.58. The number of aromatic nitrogens is 1. The van der Waals surface area contributed by atoms with Gasteiger partial charge in [-0.15, -0.1) is 0 Å². The lowest BCUT2D eigenvalue weighted by molar-refractivity contribution is -0.380. The summed E-state index contributed by atoms with van der Waals surface area (Å²) in [6.07, 6.45) is 3.86. The Morgan fingerprint density at radius 3 is 2.88 bits per heavy atom. The molecule has 1 aliphatic rings. The van der Waals surface area contributed by atoms with Gasteiger partial charge in [-0.25, -0.2) is 4.98 Å². The summed E-state index contributed by atoms with van der Waals surface area (Å²) in [5, 5.41) is 14.4. The first kappa shape index (κ1) is 12.3. The number of nitrogens with zero attached hydrogens (tertiary/aromatic N) is 3. The number of likely N-dealkylation sites (N-methyl/N-ethyl adjacent to an activating group) is 1. The van der Waals surface area contributed by atoms with Crippen LogP contribution < -0.4 is 5.32 Å². The smallest absolute Gasteiger partial charge is 0.345 e. The second-order valence-electron chi connectivity index (χ2n) is 4.51. The molecule has 0 aliphatic heterocycles. The van der Waals surface area contributed by atoms with Gasteiger partial charge in [-0.05, 0) is 44.2 Å². The Morgan fingerprint density at radius 1 is 1.71 bits per heavy atom. The van der Waals surface area contributed by atoms with Gasteiger partial charge < -0.3 is 10.2 Å².